The summed E-state index contributed by atoms with van der Waals surface area (Å²) >= 11 is 0. The van der Waals surface area contributed by atoms with Gasteiger partial charge in [0, 0.05) is 25.2 Å². The predicted octanol–water partition coefficient (Wildman–Crippen LogP) is 1.78. The van der Waals surface area contributed by atoms with Crippen LogP contribution in [0.2, 0.25) is 0 Å². The van der Waals surface area contributed by atoms with E-state index in [1.54, 1.807) is 4.90 Å². The van der Waals surface area contributed by atoms with E-state index in [9.17, 15) is 18.0 Å². The van der Waals surface area contributed by atoms with Crippen LogP contribution < -0.4 is 5.32 Å². The Balaban J connectivity index is 1.57. The monoisotopic (exact) mass is 330 g/mol. The molecule has 2 amide bonds. The van der Waals surface area contributed by atoms with Gasteiger partial charge < -0.3 is 15.0 Å². The van der Waals surface area contributed by atoms with Crippen molar-refractivity contribution < 1.29 is 22.7 Å². The van der Waals surface area contributed by atoms with E-state index in [2.05, 4.69) is 15.3 Å². The van der Waals surface area contributed by atoms with Gasteiger partial charge in [-0.3, -0.25) is 0 Å². The molecule has 0 radical (unpaired) electrons. The number of hydrogen-bond donors (Lipinski definition) is 1. The zero-order valence-electron chi connectivity index (χ0n) is 12.3. The number of nitrogens with one attached hydrogen (secondary N) is 1. The van der Waals surface area contributed by atoms with Crippen LogP contribution in [-0.2, 0) is 10.9 Å². The molecule has 0 aromatic carbocycles. The highest BCUT2D eigenvalue weighted by atomic mass is 19.4. The molecule has 9 heteroatoms. The van der Waals surface area contributed by atoms with Crippen LogP contribution >= 0.6 is 0 Å². The van der Waals surface area contributed by atoms with E-state index in [1.807, 2.05) is 0 Å². The molecule has 0 unspecified atom stereocenters. The summed E-state index contributed by atoms with van der Waals surface area (Å²) in [6.07, 6.45) is -2.23. The molecule has 2 aliphatic rings. The number of halogens is 3. The third-order valence-electron chi connectivity index (χ3n) is 4.08. The third kappa shape index (κ3) is 3.72. The minimum Gasteiger partial charge on any atom is -0.377 e. The molecule has 3 heterocycles. The first-order valence-corrected chi connectivity index (χ1v) is 7.47. The Labute approximate surface area is 131 Å². The highest BCUT2D eigenvalue weighted by Gasteiger charge is 2.34. The smallest absolute Gasteiger partial charge is 0.377 e. The molecule has 0 spiro atoms. The van der Waals surface area contributed by atoms with Crippen LogP contribution in [0.25, 0.3) is 0 Å². The van der Waals surface area contributed by atoms with Gasteiger partial charge in [0.2, 0.25) is 0 Å². The quantitative estimate of drug-likeness (QED) is 0.898. The Bertz CT molecular complexity index is 569. The van der Waals surface area contributed by atoms with E-state index < -0.39 is 11.9 Å². The number of alkyl halides is 3. The van der Waals surface area contributed by atoms with Crippen LogP contribution in [0.3, 0.4) is 0 Å². The van der Waals surface area contributed by atoms with Gasteiger partial charge in [0.25, 0.3) is 0 Å². The van der Waals surface area contributed by atoms with Crippen molar-refractivity contribution in [1.29, 1.82) is 0 Å². The molecule has 6 nitrogen and oxygen atoms in total. The number of piperidine rings is 1. The zero-order chi connectivity index (χ0) is 16.4. The SMILES string of the molecule is O=C(NC1COC1)N1CCC(c2nccc(C(F)(F)F)n2)CC1. The van der Waals surface area contributed by atoms with Crippen molar-refractivity contribution >= 4 is 6.03 Å². The first-order valence-electron chi connectivity index (χ1n) is 7.47. The molecule has 1 N–H and O–H groups in total. The van der Waals surface area contributed by atoms with Crippen molar-refractivity contribution in [2.45, 2.75) is 31.0 Å². The average Bonchev–Trinajstić information content (AvgIpc) is 2.50. The highest BCUT2D eigenvalue weighted by molar-refractivity contribution is 5.74. The molecule has 2 saturated heterocycles. The minimum absolute atomic E-state index is 0.0621. The number of carbonyl (C=O) groups excluding carboxylic acids is 1. The molecule has 126 valence electrons. The Kier molecular flexibility index (Phi) is 4.38. The molecular formula is C14H17F3N4O2. The van der Waals surface area contributed by atoms with Gasteiger partial charge in [-0.2, -0.15) is 13.2 Å². The first kappa shape index (κ1) is 16.0. The summed E-state index contributed by atoms with van der Waals surface area (Å²) in [6, 6.07) is 0.779. The molecule has 1 aromatic heterocycles. The van der Waals surface area contributed by atoms with E-state index in [0.717, 1.165) is 12.3 Å². The lowest BCUT2D eigenvalue weighted by molar-refractivity contribution is -0.141. The van der Waals surface area contributed by atoms with Crippen LogP contribution in [0.4, 0.5) is 18.0 Å². The van der Waals surface area contributed by atoms with Gasteiger partial charge in [0.1, 0.15) is 11.5 Å². The van der Waals surface area contributed by atoms with Gasteiger partial charge in [-0.25, -0.2) is 14.8 Å². The molecule has 0 saturated carbocycles. The summed E-state index contributed by atoms with van der Waals surface area (Å²) in [5.41, 5.74) is -0.923. The molecule has 0 atom stereocenters. The van der Waals surface area contributed by atoms with E-state index in [1.165, 1.54) is 0 Å². The van der Waals surface area contributed by atoms with Crippen molar-refractivity contribution in [2.24, 2.45) is 0 Å². The van der Waals surface area contributed by atoms with Crippen LogP contribution in [-0.4, -0.2) is 53.2 Å². The Morgan fingerprint density at radius 2 is 2.00 bits per heavy atom. The second kappa shape index (κ2) is 6.31. The van der Waals surface area contributed by atoms with Crippen molar-refractivity contribution in [3.05, 3.63) is 23.8 Å². The van der Waals surface area contributed by atoms with Gasteiger partial charge in [-0.1, -0.05) is 0 Å². The summed E-state index contributed by atoms with van der Waals surface area (Å²) in [4.78, 5) is 21.3. The van der Waals surface area contributed by atoms with Gasteiger partial charge in [0.05, 0.1) is 19.3 Å². The second-order valence-corrected chi connectivity index (χ2v) is 5.74. The van der Waals surface area contributed by atoms with Crippen LogP contribution in [0, 0.1) is 0 Å². The molecule has 2 fully saturated rings. The lowest BCUT2D eigenvalue weighted by atomic mass is 9.96. The van der Waals surface area contributed by atoms with Crippen LogP contribution in [0.1, 0.15) is 30.3 Å². The average molecular weight is 330 g/mol. The van der Waals surface area contributed by atoms with Crippen molar-refractivity contribution in [1.82, 2.24) is 20.2 Å². The van der Waals surface area contributed by atoms with Gasteiger partial charge in [0.15, 0.2) is 0 Å². The topological polar surface area (TPSA) is 67.3 Å². The Morgan fingerprint density at radius 1 is 1.30 bits per heavy atom. The van der Waals surface area contributed by atoms with E-state index >= 15 is 0 Å². The normalized spacial score (nSPS) is 20.2. The summed E-state index contributed by atoms with van der Waals surface area (Å²) in [5, 5.41) is 2.85. The van der Waals surface area contributed by atoms with Crippen molar-refractivity contribution in [3.63, 3.8) is 0 Å². The van der Waals surface area contributed by atoms with Gasteiger partial charge in [-0.05, 0) is 18.9 Å². The highest BCUT2D eigenvalue weighted by Crippen LogP contribution is 2.30. The summed E-state index contributed by atoms with van der Waals surface area (Å²) in [5.74, 6) is 0.0423. The Hall–Kier alpha value is -1.90. The number of aromatic nitrogens is 2. The van der Waals surface area contributed by atoms with Gasteiger partial charge in [-0.15, -0.1) is 0 Å². The fourth-order valence-electron chi connectivity index (χ4n) is 2.65. The summed E-state index contributed by atoms with van der Waals surface area (Å²) < 4.78 is 43.1. The maximum absolute atomic E-state index is 12.7. The lowest BCUT2D eigenvalue weighted by Crippen LogP contribution is -2.54. The number of amides is 2. The number of ether oxygens (including phenoxy) is 1. The molecule has 0 bridgehead atoms. The van der Waals surface area contributed by atoms with Gasteiger partial charge >= 0.3 is 12.2 Å². The Morgan fingerprint density at radius 3 is 2.57 bits per heavy atom. The molecule has 3 rings (SSSR count). The minimum atomic E-state index is -4.47. The molecule has 23 heavy (non-hydrogen) atoms. The molecule has 2 aliphatic heterocycles. The largest absolute Gasteiger partial charge is 0.433 e. The number of rotatable bonds is 2. The number of carbonyl (C=O) groups is 1. The van der Waals surface area contributed by atoms with E-state index in [-0.39, 0.29) is 23.8 Å². The van der Waals surface area contributed by atoms with Crippen LogP contribution in [0.5, 0.6) is 0 Å². The number of urea groups is 1. The fourth-order valence-corrected chi connectivity index (χ4v) is 2.65. The zero-order valence-corrected chi connectivity index (χ0v) is 12.3. The molecular weight excluding hydrogens is 313 g/mol. The number of nitrogens with zero attached hydrogens (tertiary/aromatic N) is 3. The molecule has 1 aromatic rings. The number of hydrogen-bond acceptors (Lipinski definition) is 4. The van der Waals surface area contributed by atoms with Crippen molar-refractivity contribution in [3.8, 4) is 0 Å². The maximum Gasteiger partial charge on any atom is 0.433 e. The summed E-state index contributed by atoms with van der Waals surface area (Å²) in [6.45, 7) is 2.01. The summed E-state index contributed by atoms with van der Waals surface area (Å²) in [7, 11) is 0. The van der Waals surface area contributed by atoms with E-state index in [4.69, 9.17) is 4.74 Å². The fraction of sp³-hybridized carbons (Fsp3) is 0.643. The predicted molar refractivity (Wildman–Crippen MR) is 73.7 cm³/mol. The van der Waals surface area contributed by atoms with Crippen molar-refractivity contribution in [2.75, 3.05) is 26.3 Å². The first-order chi connectivity index (χ1) is 10.9. The lowest BCUT2D eigenvalue weighted by Gasteiger charge is -2.34. The molecule has 0 aliphatic carbocycles. The maximum atomic E-state index is 12.7. The second-order valence-electron chi connectivity index (χ2n) is 5.74. The van der Waals surface area contributed by atoms with E-state index in [0.29, 0.717) is 39.1 Å². The standard InChI is InChI=1S/C14H17F3N4O2/c15-14(16,17)11-1-4-18-12(20-11)9-2-5-21(6-3-9)13(22)19-10-7-23-8-10/h1,4,9-10H,2-3,5-8H2,(H,19,22). The van der Waals surface area contributed by atoms with Crippen LogP contribution in [0.15, 0.2) is 12.3 Å². The third-order valence-corrected chi connectivity index (χ3v) is 4.08. The number of likely N-dealkylation sites (tertiary alicyclic amines) is 1.